The molecule has 2 aromatic rings. The van der Waals surface area contributed by atoms with Gasteiger partial charge in [0.2, 0.25) is 0 Å². The third-order valence-corrected chi connectivity index (χ3v) is 3.53. The van der Waals surface area contributed by atoms with Crippen LogP contribution in [0.15, 0.2) is 21.8 Å². The van der Waals surface area contributed by atoms with Crippen molar-refractivity contribution < 1.29 is 0 Å². The molecule has 0 spiro atoms. The first-order chi connectivity index (χ1) is 7.68. The second-order valence-corrected chi connectivity index (χ2v) is 5.02. The van der Waals surface area contributed by atoms with E-state index in [1.807, 2.05) is 0 Å². The van der Waals surface area contributed by atoms with Crippen LogP contribution in [0, 0.1) is 0 Å². The molecule has 82 valence electrons. The van der Waals surface area contributed by atoms with Gasteiger partial charge in [0.15, 0.2) is 0 Å². The zero-order valence-electron chi connectivity index (χ0n) is 8.15. The van der Waals surface area contributed by atoms with Gasteiger partial charge in [0.05, 0.1) is 16.3 Å². The molecule has 0 atom stereocenters. The maximum atomic E-state index is 12.2. The Morgan fingerprint density at radius 1 is 1.44 bits per heavy atom. The summed E-state index contributed by atoms with van der Waals surface area (Å²) in [6.07, 6.45) is 5.21. The van der Waals surface area contributed by atoms with Crippen LogP contribution in [0.4, 0.5) is 0 Å². The van der Waals surface area contributed by atoms with Crippen LogP contribution in [-0.2, 0) is 0 Å². The Morgan fingerprint density at radius 2 is 2.19 bits per heavy atom. The topological polar surface area (TPSA) is 47.8 Å². The summed E-state index contributed by atoms with van der Waals surface area (Å²) in [5, 5.41) is 0.608. The van der Waals surface area contributed by atoms with E-state index in [1.165, 1.54) is 0 Å². The average Bonchev–Trinajstić information content (AvgIpc) is 3.07. The summed E-state index contributed by atoms with van der Waals surface area (Å²) in [4.78, 5) is 20.4. The molecule has 6 heteroatoms. The number of halogens is 2. The van der Waals surface area contributed by atoms with Crippen molar-refractivity contribution in [3.63, 3.8) is 0 Å². The standard InChI is InChI=1S/C10H7BrClN3O/c11-6-3-13-9(12)7-8(6)14-4-15(10(7)16)5-1-2-5/h3-5H,1-2H2. The van der Waals surface area contributed by atoms with Crippen molar-refractivity contribution in [1.29, 1.82) is 0 Å². The lowest BCUT2D eigenvalue weighted by Crippen LogP contribution is -2.20. The second-order valence-electron chi connectivity index (χ2n) is 3.81. The molecule has 0 aliphatic heterocycles. The highest BCUT2D eigenvalue weighted by Crippen LogP contribution is 2.34. The van der Waals surface area contributed by atoms with Crippen LogP contribution < -0.4 is 5.56 Å². The Labute approximate surface area is 104 Å². The van der Waals surface area contributed by atoms with Crippen LogP contribution in [0.3, 0.4) is 0 Å². The van der Waals surface area contributed by atoms with Crippen molar-refractivity contribution in [2.24, 2.45) is 0 Å². The van der Waals surface area contributed by atoms with Gasteiger partial charge in [-0.2, -0.15) is 0 Å². The number of hydrogen-bond acceptors (Lipinski definition) is 3. The molecule has 0 aromatic carbocycles. The molecular formula is C10H7BrClN3O. The fourth-order valence-electron chi connectivity index (χ4n) is 1.69. The summed E-state index contributed by atoms with van der Waals surface area (Å²) < 4.78 is 2.33. The van der Waals surface area contributed by atoms with Crippen LogP contribution in [0.5, 0.6) is 0 Å². The molecule has 2 aromatic heterocycles. The molecule has 1 aliphatic carbocycles. The summed E-state index contributed by atoms with van der Waals surface area (Å²) >= 11 is 9.26. The number of aromatic nitrogens is 3. The van der Waals surface area contributed by atoms with E-state index in [0.29, 0.717) is 21.4 Å². The van der Waals surface area contributed by atoms with E-state index in [4.69, 9.17) is 11.6 Å². The summed E-state index contributed by atoms with van der Waals surface area (Å²) in [6.45, 7) is 0. The van der Waals surface area contributed by atoms with E-state index in [-0.39, 0.29) is 10.7 Å². The van der Waals surface area contributed by atoms with Crippen molar-refractivity contribution in [1.82, 2.24) is 14.5 Å². The monoisotopic (exact) mass is 299 g/mol. The summed E-state index contributed by atoms with van der Waals surface area (Å²) in [5.41, 5.74) is 0.466. The van der Waals surface area contributed by atoms with Gasteiger partial charge < -0.3 is 0 Å². The van der Waals surface area contributed by atoms with E-state index >= 15 is 0 Å². The van der Waals surface area contributed by atoms with Gasteiger partial charge in [0, 0.05) is 12.2 Å². The Balaban J connectivity index is 2.43. The highest BCUT2D eigenvalue weighted by Gasteiger charge is 2.26. The third kappa shape index (κ3) is 1.46. The van der Waals surface area contributed by atoms with Gasteiger partial charge in [-0.1, -0.05) is 11.6 Å². The molecule has 2 heterocycles. The van der Waals surface area contributed by atoms with Crippen LogP contribution in [0.2, 0.25) is 5.15 Å². The Bertz CT molecular complexity index is 636. The first kappa shape index (κ1) is 10.2. The van der Waals surface area contributed by atoms with Crippen molar-refractivity contribution in [2.45, 2.75) is 18.9 Å². The molecule has 4 nitrogen and oxygen atoms in total. The molecule has 0 N–H and O–H groups in total. The number of rotatable bonds is 1. The molecule has 1 saturated carbocycles. The molecule has 3 rings (SSSR count). The summed E-state index contributed by atoms with van der Waals surface area (Å²) in [6, 6.07) is 0.291. The van der Waals surface area contributed by atoms with Gasteiger partial charge in [0.25, 0.3) is 5.56 Å². The number of hydrogen-bond donors (Lipinski definition) is 0. The van der Waals surface area contributed by atoms with Crippen LogP contribution in [0.25, 0.3) is 10.9 Å². The van der Waals surface area contributed by atoms with Crippen molar-refractivity contribution >= 4 is 38.4 Å². The third-order valence-electron chi connectivity index (χ3n) is 2.66. The van der Waals surface area contributed by atoms with E-state index < -0.39 is 0 Å². The zero-order valence-corrected chi connectivity index (χ0v) is 10.5. The fourth-order valence-corrected chi connectivity index (χ4v) is 2.31. The smallest absolute Gasteiger partial charge is 0.264 e. The van der Waals surface area contributed by atoms with Gasteiger partial charge in [-0.05, 0) is 28.8 Å². The SMILES string of the molecule is O=c1c2c(Cl)ncc(Br)c2ncn1C1CC1. The van der Waals surface area contributed by atoms with Crippen LogP contribution >= 0.6 is 27.5 Å². The lowest BCUT2D eigenvalue weighted by Gasteiger charge is -2.06. The predicted molar refractivity (Wildman–Crippen MR) is 64.8 cm³/mol. The minimum absolute atomic E-state index is 0.105. The number of nitrogens with zero attached hydrogens (tertiary/aromatic N) is 3. The minimum Gasteiger partial charge on any atom is -0.296 e. The Hall–Kier alpha value is -0.940. The number of pyridine rings is 1. The van der Waals surface area contributed by atoms with Gasteiger partial charge in [-0.3, -0.25) is 9.36 Å². The first-order valence-electron chi connectivity index (χ1n) is 4.89. The average molecular weight is 301 g/mol. The van der Waals surface area contributed by atoms with Crippen molar-refractivity contribution in [3.8, 4) is 0 Å². The zero-order chi connectivity index (χ0) is 11.3. The quantitative estimate of drug-likeness (QED) is 0.760. The van der Waals surface area contributed by atoms with Gasteiger partial charge in [-0.25, -0.2) is 9.97 Å². The van der Waals surface area contributed by atoms with Gasteiger partial charge in [-0.15, -0.1) is 0 Å². The molecular weight excluding hydrogens is 293 g/mol. The van der Waals surface area contributed by atoms with Crippen LogP contribution in [-0.4, -0.2) is 14.5 Å². The fraction of sp³-hybridized carbons (Fsp3) is 0.300. The van der Waals surface area contributed by atoms with Gasteiger partial charge in [0.1, 0.15) is 10.5 Å². The molecule has 16 heavy (non-hydrogen) atoms. The lowest BCUT2D eigenvalue weighted by atomic mass is 10.3. The maximum absolute atomic E-state index is 12.2. The maximum Gasteiger partial charge on any atom is 0.264 e. The predicted octanol–water partition coefficient (Wildman–Crippen LogP) is 2.54. The molecule has 0 saturated heterocycles. The Morgan fingerprint density at radius 3 is 2.88 bits per heavy atom. The minimum atomic E-state index is -0.105. The van der Waals surface area contributed by atoms with Gasteiger partial charge >= 0.3 is 0 Å². The van der Waals surface area contributed by atoms with Crippen LogP contribution in [0.1, 0.15) is 18.9 Å². The largest absolute Gasteiger partial charge is 0.296 e. The van der Waals surface area contributed by atoms with Crippen molar-refractivity contribution in [2.75, 3.05) is 0 Å². The van der Waals surface area contributed by atoms with E-state index in [0.717, 1.165) is 12.8 Å². The highest BCUT2D eigenvalue weighted by molar-refractivity contribution is 9.10. The molecule has 0 radical (unpaired) electrons. The Kier molecular flexibility index (Phi) is 2.26. The normalized spacial score (nSPS) is 15.6. The molecule has 0 bridgehead atoms. The van der Waals surface area contributed by atoms with E-state index in [1.54, 1.807) is 17.1 Å². The second kappa shape index (κ2) is 3.53. The molecule has 1 aliphatic rings. The lowest BCUT2D eigenvalue weighted by molar-refractivity contribution is 0.697. The number of fused-ring (bicyclic) bond motifs is 1. The van der Waals surface area contributed by atoms with E-state index in [2.05, 4.69) is 25.9 Å². The molecule has 0 unspecified atom stereocenters. The highest BCUT2D eigenvalue weighted by atomic mass is 79.9. The molecule has 0 amide bonds. The first-order valence-corrected chi connectivity index (χ1v) is 6.06. The molecule has 1 fully saturated rings. The summed E-state index contributed by atoms with van der Waals surface area (Å²) in [5.74, 6) is 0. The van der Waals surface area contributed by atoms with Crippen molar-refractivity contribution in [3.05, 3.63) is 32.5 Å². The summed E-state index contributed by atoms with van der Waals surface area (Å²) in [7, 11) is 0. The van der Waals surface area contributed by atoms with E-state index in [9.17, 15) is 4.79 Å².